The fourth-order valence-corrected chi connectivity index (χ4v) is 4.76. The quantitative estimate of drug-likeness (QED) is 0.354. The van der Waals surface area contributed by atoms with Crippen molar-refractivity contribution in [3.63, 3.8) is 0 Å². The first kappa shape index (κ1) is 26.7. The maximum Gasteiger partial charge on any atom is 0.327 e. The molecule has 1 saturated heterocycles. The van der Waals surface area contributed by atoms with Crippen molar-refractivity contribution in [2.24, 2.45) is 0 Å². The second-order valence-corrected chi connectivity index (χ2v) is 9.92. The Bertz CT molecular complexity index is 1400. The summed E-state index contributed by atoms with van der Waals surface area (Å²) in [5, 5.41) is 11.4. The van der Waals surface area contributed by atoms with Crippen LogP contribution in [0.25, 0.3) is 5.57 Å². The first-order chi connectivity index (χ1) is 18.9. The molecule has 2 aromatic heterocycles. The van der Waals surface area contributed by atoms with Crippen LogP contribution in [-0.4, -0.2) is 51.6 Å². The molecule has 1 aliphatic heterocycles. The van der Waals surface area contributed by atoms with Gasteiger partial charge in [-0.05, 0) is 55.9 Å². The summed E-state index contributed by atoms with van der Waals surface area (Å²) >= 11 is 6.64. The smallest absolute Gasteiger partial charge is 0.327 e. The largest absolute Gasteiger partial charge is 0.486 e. The molecule has 1 amide bonds. The van der Waals surface area contributed by atoms with E-state index in [1.165, 1.54) is 4.68 Å². The lowest BCUT2D eigenvalue weighted by molar-refractivity contribution is -0.144. The van der Waals surface area contributed by atoms with Crippen molar-refractivity contribution >= 4 is 29.1 Å². The van der Waals surface area contributed by atoms with Crippen LogP contribution >= 0.6 is 11.6 Å². The fraction of sp³-hybridized carbons (Fsp3) is 0.393. The number of hydrogen-bond donors (Lipinski definition) is 1. The van der Waals surface area contributed by atoms with Gasteiger partial charge in [-0.1, -0.05) is 35.0 Å². The van der Waals surface area contributed by atoms with E-state index in [1.54, 1.807) is 26.3 Å². The molecule has 1 N–H and O–H groups in total. The highest BCUT2D eigenvalue weighted by Crippen LogP contribution is 2.44. The van der Waals surface area contributed by atoms with Crippen molar-refractivity contribution in [2.75, 3.05) is 13.7 Å². The van der Waals surface area contributed by atoms with Crippen LogP contribution in [0.15, 0.2) is 42.6 Å². The summed E-state index contributed by atoms with van der Waals surface area (Å²) in [6, 6.07) is 9.49. The summed E-state index contributed by atoms with van der Waals surface area (Å²) < 4.78 is 17.8. The summed E-state index contributed by atoms with van der Waals surface area (Å²) in [7, 11) is 1.64. The number of methoxy groups -OCH3 is 1. The molecule has 10 nitrogen and oxygen atoms in total. The molecule has 11 heteroatoms. The predicted octanol–water partition coefficient (Wildman–Crippen LogP) is 4.06. The van der Waals surface area contributed by atoms with Gasteiger partial charge in [0.05, 0.1) is 30.6 Å². The van der Waals surface area contributed by atoms with Gasteiger partial charge in [-0.2, -0.15) is 0 Å². The Hall–Kier alpha value is -3.92. The van der Waals surface area contributed by atoms with E-state index in [1.807, 2.05) is 24.3 Å². The zero-order chi connectivity index (χ0) is 27.4. The number of pyridine rings is 1. The third-order valence-electron chi connectivity index (χ3n) is 6.57. The normalized spacial score (nSPS) is 17.2. The molecule has 3 aromatic rings. The SMILES string of the molecule is CCOC(=O)Cn1cc(COc2ccc(/C(=C\[C@H]3CCC(=O)N3)c3ccc(C4CC4)c(OC)n3)cc2Cl)nn1. The third kappa shape index (κ3) is 6.57. The van der Waals surface area contributed by atoms with Crippen LogP contribution in [0.3, 0.4) is 0 Å². The van der Waals surface area contributed by atoms with Gasteiger partial charge in [-0.3, -0.25) is 9.59 Å². The highest BCUT2D eigenvalue weighted by molar-refractivity contribution is 6.32. The van der Waals surface area contributed by atoms with Crippen molar-refractivity contribution in [3.05, 3.63) is 70.1 Å². The minimum Gasteiger partial charge on any atom is -0.486 e. The number of ether oxygens (including phenoxy) is 3. The Balaban J connectivity index is 1.36. The Kier molecular flexibility index (Phi) is 8.11. The summed E-state index contributed by atoms with van der Waals surface area (Å²) in [4.78, 5) is 28.3. The topological polar surface area (TPSA) is 117 Å². The Morgan fingerprint density at radius 1 is 1.23 bits per heavy atom. The van der Waals surface area contributed by atoms with Crippen molar-refractivity contribution in [2.45, 2.75) is 57.7 Å². The zero-order valence-electron chi connectivity index (χ0n) is 21.9. The van der Waals surface area contributed by atoms with Gasteiger partial charge in [0.2, 0.25) is 11.8 Å². The monoisotopic (exact) mass is 551 g/mol. The van der Waals surface area contributed by atoms with Crippen LogP contribution in [0.1, 0.15) is 61.0 Å². The van der Waals surface area contributed by atoms with Crippen LogP contribution in [-0.2, 0) is 27.5 Å². The molecule has 39 heavy (non-hydrogen) atoms. The van der Waals surface area contributed by atoms with E-state index in [0.29, 0.717) is 47.7 Å². The van der Waals surface area contributed by atoms with Gasteiger partial charge in [0.25, 0.3) is 0 Å². The molecule has 2 fully saturated rings. The van der Waals surface area contributed by atoms with Gasteiger partial charge in [0, 0.05) is 23.6 Å². The molecule has 204 valence electrons. The highest BCUT2D eigenvalue weighted by atomic mass is 35.5. The van der Waals surface area contributed by atoms with Crippen molar-refractivity contribution in [3.8, 4) is 11.6 Å². The molecule has 1 atom stereocenters. The maximum atomic E-state index is 11.9. The minimum absolute atomic E-state index is 0.0205. The van der Waals surface area contributed by atoms with Crippen LogP contribution in [0.4, 0.5) is 0 Å². The van der Waals surface area contributed by atoms with E-state index < -0.39 is 0 Å². The summed E-state index contributed by atoms with van der Waals surface area (Å²) in [6.07, 6.45) is 7.15. The first-order valence-electron chi connectivity index (χ1n) is 13.0. The van der Waals surface area contributed by atoms with E-state index >= 15 is 0 Å². The second-order valence-electron chi connectivity index (χ2n) is 9.51. The average molecular weight is 552 g/mol. The molecule has 1 saturated carbocycles. The second kappa shape index (κ2) is 11.9. The van der Waals surface area contributed by atoms with E-state index in [9.17, 15) is 9.59 Å². The lowest BCUT2D eigenvalue weighted by atomic mass is 9.98. The molecule has 1 aliphatic carbocycles. The number of benzene rings is 1. The zero-order valence-corrected chi connectivity index (χ0v) is 22.6. The Morgan fingerprint density at radius 2 is 2.08 bits per heavy atom. The van der Waals surface area contributed by atoms with Crippen molar-refractivity contribution < 1.29 is 23.8 Å². The number of hydrogen-bond acceptors (Lipinski definition) is 8. The van der Waals surface area contributed by atoms with Crippen LogP contribution in [0, 0.1) is 0 Å². The minimum atomic E-state index is -0.385. The molecule has 2 aliphatic rings. The van der Waals surface area contributed by atoms with Crippen LogP contribution in [0.2, 0.25) is 5.02 Å². The molecule has 5 rings (SSSR count). The number of carbonyl (C=O) groups excluding carboxylic acids is 2. The average Bonchev–Trinajstić information content (AvgIpc) is 3.54. The number of esters is 1. The highest BCUT2D eigenvalue weighted by Gasteiger charge is 2.28. The summed E-state index contributed by atoms with van der Waals surface area (Å²) in [5.41, 5.74) is 4.08. The molecule has 0 bridgehead atoms. The number of amides is 1. The summed E-state index contributed by atoms with van der Waals surface area (Å²) in [5.74, 6) is 1.25. The van der Waals surface area contributed by atoms with Crippen LogP contribution < -0.4 is 14.8 Å². The van der Waals surface area contributed by atoms with Gasteiger partial charge < -0.3 is 19.5 Å². The molecular formula is C28H30ClN5O5. The van der Waals surface area contributed by atoms with E-state index in [-0.39, 0.29) is 31.1 Å². The maximum absolute atomic E-state index is 11.9. The molecular weight excluding hydrogens is 522 g/mol. The number of rotatable bonds is 11. The lowest BCUT2D eigenvalue weighted by Gasteiger charge is -2.15. The number of aromatic nitrogens is 4. The van der Waals surface area contributed by atoms with E-state index in [4.69, 9.17) is 30.8 Å². The Morgan fingerprint density at radius 3 is 2.77 bits per heavy atom. The van der Waals surface area contributed by atoms with Gasteiger partial charge in [-0.25, -0.2) is 9.67 Å². The number of nitrogens with one attached hydrogen (secondary N) is 1. The first-order valence-corrected chi connectivity index (χ1v) is 13.3. The van der Waals surface area contributed by atoms with Gasteiger partial charge in [-0.15, -0.1) is 5.10 Å². The van der Waals surface area contributed by atoms with Crippen molar-refractivity contribution in [1.82, 2.24) is 25.3 Å². The van der Waals surface area contributed by atoms with Crippen LogP contribution in [0.5, 0.6) is 11.6 Å². The van der Waals surface area contributed by atoms with E-state index in [2.05, 4.69) is 21.7 Å². The molecule has 0 spiro atoms. The molecule has 3 heterocycles. The predicted molar refractivity (Wildman–Crippen MR) is 143 cm³/mol. The van der Waals surface area contributed by atoms with Gasteiger partial charge >= 0.3 is 5.97 Å². The standard InChI is InChI=1S/C28H30ClN5O5/c1-3-38-27(36)15-34-14-20(32-33-34)16-39-25-10-6-18(12-23(25)29)22(13-19-7-11-26(35)30-19)24-9-8-21(17-4-5-17)28(31-24)37-2/h6,8-10,12-14,17,19H,3-5,7,11,15-16H2,1-2H3,(H,30,35)/b22-13+/t19-/m1/s1. The molecule has 0 radical (unpaired) electrons. The van der Waals surface area contributed by atoms with E-state index in [0.717, 1.165) is 35.2 Å². The number of carbonyl (C=O) groups is 2. The third-order valence-corrected chi connectivity index (χ3v) is 6.87. The lowest BCUT2D eigenvalue weighted by Crippen LogP contribution is -2.23. The summed E-state index contributed by atoms with van der Waals surface area (Å²) in [6.45, 7) is 2.16. The number of halogens is 1. The number of nitrogens with zero attached hydrogens (tertiary/aromatic N) is 4. The van der Waals surface area contributed by atoms with Gasteiger partial charge in [0.1, 0.15) is 24.6 Å². The Labute approximate surface area is 231 Å². The molecule has 0 unspecified atom stereocenters. The fourth-order valence-electron chi connectivity index (χ4n) is 4.52. The van der Waals surface area contributed by atoms with Gasteiger partial charge in [0.15, 0.2) is 0 Å². The van der Waals surface area contributed by atoms with Crippen molar-refractivity contribution in [1.29, 1.82) is 0 Å². The molecule has 1 aromatic carbocycles.